The predicted molar refractivity (Wildman–Crippen MR) is 65.8 cm³/mol. The number of terminal acetylenes is 1. The van der Waals surface area contributed by atoms with Gasteiger partial charge < -0.3 is 5.32 Å². The Morgan fingerprint density at radius 1 is 1.40 bits per heavy atom. The van der Waals surface area contributed by atoms with E-state index < -0.39 is 0 Å². The highest BCUT2D eigenvalue weighted by atomic mass is 14.9. The molecule has 1 N–H and O–H groups in total. The Balaban J connectivity index is 2.69. The van der Waals surface area contributed by atoms with Crippen molar-refractivity contribution in [3.63, 3.8) is 0 Å². The summed E-state index contributed by atoms with van der Waals surface area (Å²) in [6, 6.07) is 6.93. The van der Waals surface area contributed by atoms with Crippen LogP contribution in [0, 0.1) is 26.2 Å². The van der Waals surface area contributed by atoms with Gasteiger partial charge in [0.15, 0.2) is 0 Å². The van der Waals surface area contributed by atoms with Crippen LogP contribution in [0.3, 0.4) is 0 Å². The molecule has 80 valence electrons. The maximum Gasteiger partial charge on any atom is 0.0294 e. The number of hydrogen-bond acceptors (Lipinski definition) is 1. The van der Waals surface area contributed by atoms with Gasteiger partial charge in [0.05, 0.1) is 0 Å². The summed E-state index contributed by atoms with van der Waals surface area (Å²) in [6.45, 7) is 7.33. The monoisotopic (exact) mass is 201 g/mol. The highest BCUT2D eigenvalue weighted by Crippen LogP contribution is 2.18. The first-order valence-electron chi connectivity index (χ1n) is 5.39. The average molecular weight is 201 g/mol. The van der Waals surface area contributed by atoms with Crippen LogP contribution < -0.4 is 5.32 Å². The Bertz CT molecular complexity index is 360. The van der Waals surface area contributed by atoms with E-state index in [0.717, 1.165) is 13.0 Å². The van der Waals surface area contributed by atoms with Gasteiger partial charge in [-0.2, -0.15) is 0 Å². The van der Waals surface area contributed by atoms with Gasteiger partial charge in [0.2, 0.25) is 0 Å². The number of nitrogens with one attached hydrogen (secondary N) is 1. The fourth-order valence-electron chi connectivity index (χ4n) is 1.70. The molecule has 1 nitrogen and oxygen atoms in total. The van der Waals surface area contributed by atoms with Gasteiger partial charge in [0, 0.05) is 19.0 Å². The third-order valence-electron chi connectivity index (χ3n) is 2.62. The molecule has 1 heteroatoms. The van der Waals surface area contributed by atoms with Gasteiger partial charge in [-0.05, 0) is 31.9 Å². The van der Waals surface area contributed by atoms with Crippen molar-refractivity contribution in [2.24, 2.45) is 0 Å². The summed E-state index contributed by atoms with van der Waals surface area (Å²) in [4.78, 5) is 0. The smallest absolute Gasteiger partial charge is 0.0294 e. The van der Waals surface area contributed by atoms with Crippen LogP contribution in [0.4, 0.5) is 0 Å². The van der Waals surface area contributed by atoms with Crippen LogP contribution in [0.2, 0.25) is 0 Å². The van der Waals surface area contributed by atoms with Crippen molar-refractivity contribution in [1.29, 1.82) is 0 Å². The number of benzene rings is 1. The first-order valence-corrected chi connectivity index (χ1v) is 5.39. The van der Waals surface area contributed by atoms with E-state index in [1.54, 1.807) is 0 Å². The topological polar surface area (TPSA) is 12.0 Å². The van der Waals surface area contributed by atoms with Crippen molar-refractivity contribution in [1.82, 2.24) is 5.32 Å². The fourth-order valence-corrected chi connectivity index (χ4v) is 1.70. The minimum absolute atomic E-state index is 0.373. The van der Waals surface area contributed by atoms with E-state index in [-0.39, 0.29) is 0 Å². The summed E-state index contributed by atoms with van der Waals surface area (Å²) in [5, 5.41) is 3.43. The van der Waals surface area contributed by atoms with E-state index in [1.165, 1.54) is 16.7 Å². The van der Waals surface area contributed by atoms with E-state index >= 15 is 0 Å². The third kappa shape index (κ3) is 3.42. The highest BCUT2D eigenvalue weighted by molar-refractivity contribution is 5.32. The van der Waals surface area contributed by atoms with E-state index in [9.17, 15) is 0 Å². The Labute approximate surface area is 92.9 Å². The van der Waals surface area contributed by atoms with Gasteiger partial charge in [-0.15, -0.1) is 12.3 Å². The van der Waals surface area contributed by atoms with Crippen molar-refractivity contribution < 1.29 is 0 Å². The first-order chi connectivity index (χ1) is 7.15. The summed E-state index contributed by atoms with van der Waals surface area (Å²) < 4.78 is 0. The summed E-state index contributed by atoms with van der Waals surface area (Å²) in [7, 11) is 0. The van der Waals surface area contributed by atoms with Gasteiger partial charge in [-0.3, -0.25) is 0 Å². The van der Waals surface area contributed by atoms with Gasteiger partial charge in [-0.25, -0.2) is 0 Å². The molecule has 0 saturated carbocycles. The van der Waals surface area contributed by atoms with Crippen LogP contribution in [0.15, 0.2) is 18.2 Å². The van der Waals surface area contributed by atoms with Crippen LogP contribution in [-0.2, 0) is 0 Å². The zero-order valence-corrected chi connectivity index (χ0v) is 9.80. The molecule has 0 aliphatic carbocycles. The molecule has 1 unspecified atom stereocenters. The molecule has 0 radical (unpaired) electrons. The summed E-state index contributed by atoms with van der Waals surface area (Å²) in [5.74, 6) is 2.64. The molecule has 15 heavy (non-hydrogen) atoms. The maximum absolute atomic E-state index is 5.22. The third-order valence-corrected chi connectivity index (χ3v) is 2.62. The number of aryl methyl sites for hydroxylation is 2. The van der Waals surface area contributed by atoms with Gasteiger partial charge >= 0.3 is 0 Å². The molecule has 0 aliphatic rings. The molecule has 0 heterocycles. The Hall–Kier alpha value is -1.26. The molecule has 1 atom stereocenters. The van der Waals surface area contributed by atoms with E-state index in [4.69, 9.17) is 6.42 Å². The largest absolute Gasteiger partial charge is 0.309 e. The van der Waals surface area contributed by atoms with Crippen LogP contribution >= 0.6 is 0 Å². The van der Waals surface area contributed by atoms with Crippen molar-refractivity contribution in [3.05, 3.63) is 34.9 Å². The van der Waals surface area contributed by atoms with Crippen LogP contribution in [0.25, 0.3) is 0 Å². The first kappa shape index (κ1) is 11.8. The van der Waals surface area contributed by atoms with Gasteiger partial charge in [0.25, 0.3) is 0 Å². The van der Waals surface area contributed by atoms with Crippen LogP contribution in [-0.4, -0.2) is 6.54 Å². The Kier molecular flexibility index (Phi) is 4.39. The second-order valence-corrected chi connectivity index (χ2v) is 3.99. The molecule has 0 bridgehead atoms. The molecule has 0 aliphatic heterocycles. The lowest BCUT2D eigenvalue weighted by Gasteiger charge is -2.16. The van der Waals surface area contributed by atoms with Crippen molar-refractivity contribution >= 4 is 0 Å². The normalized spacial score (nSPS) is 12.1. The SMILES string of the molecule is C#CCCNC(C)c1cc(C)ccc1C. The maximum atomic E-state index is 5.22. The quantitative estimate of drug-likeness (QED) is 0.583. The zero-order valence-electron chi connectivity index (χ0n) is 9.80. The summed E-state index contributed by atoms with van der Waals surface area (Å²) in [5.41, 5.74) is 4.01. The second kappa shape index (κ2) is 5.58. The molecular formula is C14H19N. The lowest BCUT2D eigenvalue weighted by molar-refractivity contribution is 0.581. The van der Waals surface area contributed by atoms with Crippen molar-refractivity contribution in [3.8, 4) is 12.3 Å². The molecule has 1 aromatic carbocycles. The minimum Gasteiger partial charge on any atom is -0.309 e. The van der Waals surface area contributed by atoms with E-state index in [0.29, 0.717) is 6.04 Å². The fraction of sp³-hybridized carbons (Fsp3) is 0.429. The van der Waals surface area contributed by atoms with E-state index in [2.05, 4.69) is 50.2 Å². The molecular weight excluding hydrogens is 182 g/mol. The lowest BCUT2D eigenvalue weighted by atomic mass is 10.00. The Morgan fingerprint density at radius 2 is 2.13 bits per heavy atom. The predicted octanol–water partition coefficient (Wildman–Crippen LogP) is 2.98. The molecule has 1 rings (SSSR count). The Morgan fingerprint density at radius 3 is 2.80 bits per heavy atom. The molecule has 0 fully saturated rings. The average Bonchev–Trinajstić information content (AvgIpc) is 2.22. The molecule has 0 saturated heterocycles. The second-order valence-electron chi connectivity index (χ2n) is 3.99. The zero-order chi connectivity index (χ0) is 11.3. The number of hydrogen-bond donors (Lipinski definition) is 1. The van der Waals surface area contributed by atoms with Gasteiger partial charge in [0.1, 0.15) is 0 Å². The molecule has 0 aromatic heterocycles. The number of rotatable bonds is 4. The molecule has 0 amide bonds. The highest BCUT2D eigenvalue weighted by Gasteiger charge is 2.06. The van der Waals surface area contributed by atoms with Crippen molar-refractivity contribution in [2.45, 2.75) is 33.2 Å². The summed E-state index contributed by atoms with van der Waals surface area (Å²) >= 11 is 0. The molecule has 1 aromatic rings. The lowest BCUT2D eigenvalue weighted by Crippen LogP contribution is -2.20. The summed E-state index contributed by atoms with van der Waals surface area (Å²) in [6.07, 6.45) is 6.00. The van der Waals surface area contributed by atoms with Crippen LogP contribution in [0.5, 0.6) is 0 Å². The van der Waals surface area contributed by atoms with Crippen LogP contribution in [0.1, 0.15) is 36.1 Å². The van der Waals surface area contributed by atoms with E-state index in [1.807, 2.05) is 0 Å². The minimum atomic E-state index is 0.373. The van der Waals surface area contributed by atoms with Crippen molar-refractivity contribution in [2.75, 3.05) is 6.54 Å². The standard InChI is InChI=1S/C14H19N/c1-5-6-9-15-13(4)14-10-11(2)7-8-12(14)3/h1,7-8,10,13,15H,6,9H2,2-4H3. The van der Waals surface area contributed by atoms with Gasteiger partial charge in [-0.1, -0.05) is 23.8 Å². The molecule has 0 spiro atoms.